The number of amides is 1. The minimum Gasteiger partial charge on any atom is -0.368 e. The van der Waals surface area contributed by atoms with Crippen LogP contribution in [-0.4, -0.2) is 31.2 Å². The molecule has 7 heteroatoms. The Bertz CT molecular complexity index is 559. The van der Waals surface area contributed by atoms with E-state index in [1.165, 1.54) is 4.31 Å². The molecule has 1 aromatic carbocycles. The van der Waals surface area contributed by atoms with Crippen LogP contribution in [0.1, 0.15) is 24.8 Å². The average molecular weight is 297 g/mol. The zero-order valence-electron chi connectivity index (χ0n) is 11.2. The van der Waals surface area contributed by atoms with Crippen LogP contribution < -0.4 is 10.5 Å². The summed E-state index contributed by atoms with van der Waals surface area (Å²) in [4.78, 5) is 11.4. The van der Waals surface area contributed by atoms with E-state index in [4.69, 9.17) is 5.73 Å². The van der Waals surface area contributed by atoms with Crippen LogP contribution in [0.5, 0.6) is 0 Å². The summed E-state index contributed by atoms with van der Waals surface area (Å²) in [7, 11) is -3.69. The molecule has 110 valence electrons. The molecule has 3 N–H and O–H groups in total. The Labute approximate surface area is 119 Å². The Kier molecular flexibility index (Phi) is 4.74. The zero-order valence-corrected chi connectivity index (χ0v) is 12.0. The third-order valence-corrected chi connectivity index (χ3v) is 4.96. The van der Waals surface area contributed by atoms with Gasteiger partial charge in [-0.2, -0.15) is 17.4 Å². The molecule has 0 aliphatic carbocycles. The number of hydrogen-bond donors (Lipinski definition) is 2. The van der Waals surface area contributed by atoms with Crippen molar-refractivity contribution in [3.05, 3.63) is 35.9 Å². The molecular weight excluding hydrogens is 278 g/mol. The Balaban J connectivity index is 2.06. The van der Waals surface area contributed by atoms with E-state index in [0.29, 0.717) is 13.0 Å². The SMILES string of the molecule is NC(=O)[C@H]1CCCCN1S(=O)(=O)NCc1ccccc1. The zero-order chi connectivity index (χ0) is 14.6. The molecule has 1 amide bonds. The second-order valence-corrected chi connectivity index (χ2v) is 6.54. The molecule has 1 saturated heterocycles. The number of nitrogens with zero attached hydrogens (tertiary/aromatic N) is 1. The Morgan fingerprint density at radius 3 is 2.65 bits per heavy atom. The average Bonchev–Trinajstić information content (AvgIpc) is 2.46. The smallest absolute Gasteiger partial charge is 0.280 e. The van der Waals surface area contributed by atoms with Gasteiger partial charge in [-0.05, 0) is 18.4 Å². The van der Waals surface area contributed by atoms with Gasteiger partial charge >= 0.3 is 0 Å². The Hall–Kier alpha value is -1.44. The van der Waals surface area contributed by atoms with Gasteiger partial charge in [0, 0.05) is 13.1 Å². The van der Waals surface area contributed by atoms with Crippen molar-refractivity contribution in [2.45, 2.75) is 31.8 Å². The predicted octanol–water partition coefficient (Wildman–Crippen LogP) is 0.361. The number of benzene rings is 1. The lowest BCUT2D eigenvalue weighted by atomic mass is 10.0. The summed E-state index contributed by atoms with van der Waals surface area (Å²) in [6.45, 7) is 0.531. The van der Waals surface area contributed by atoms with Crippen molar-refractivity contribution in [2.75, 3.05) is 6.54 Å². The third-order valence-electron chi connectivity index (χ3n) is 3.39. The molecule has 0 bridgehead atoms. The van der Waals surface area contributed by atoms with Crippen LogP contribution in [-0.2, 0) is 21.5 Å². The molecule has 2 rings (SSSR count). The second-order valence-electron chi connectivity index (χ2n) is 4.84. The summed E-state index contributed by atoms with van der Waals surface area (Å²) in [5.41, 5.74) is 6.15. The maximum absolute atomic E-state index is 12.3. The monoisotopic (exact) mass is 297 g/mol. The molecule has 1 fully saturated rings. The molecule has 6 nitrogen and oxygen atoms in total. The number of rotatable bonds is 5. The van der Waals surface area contributed by atoms with E-state index < -0.39 is 22.2 Å². The first-order valence-corrected chi connectivity index (χ1v) is 8.04. The predicted molar refractivity (Wildman–Crippen MR) is 75.7 cm³/mol. The van der Waals surface area contributed by atoms with Crippen LogP contribution in [0.4, 0.5) is 0 Å². The normalized spacial score (nSPS) is 20.7. The van der Waals surface area contributed by atoms with Crippen molar-refractivity contribution >= 4 is 16.1 Å². The Morgan fingerprint density at radius 2 is 2.00 bits per heavy atom. The number of nitrogens with one attached hydrogen (secondary N) is 1. The second kappa shape index (κ2) is 6.34. The van der Waals surface area contributed by atoms with Gasteiger partial charge in [0.1, 0.15) is 6.04 Å². The molecular formula is C13H19N3O3S. The van der Waals surface area contributed by atoms with E-state index in [-0.39, 0.29) is 6.54 Å². The van der Waals surface area contributed by atoms with E-state index in [9.17, 15) is 13.2 Å². The standard InChI is InChI=1S/C13H19N3O3S/c14-13(17)12-8-4-5-9-16(12)20(18,19)15-10-11-6-2-1-3-7-11/h1-3,6-7,12,15H,4-5,8-10H2,(H2,14,17)/t12-/m1/s1. The summed E-state index contributed by atoms with van der Waals surface area (Å²) < 4.78 is 28.3. The molecule has 1 aliphatic heterocycles. The fourth-order valence-corrected chi connectivity index (χ4v) is 3.76. The number of carbonyl (C=O) groups is 1. The molecule has 0 unspecified atom stereocenters. The molecule has 0 radical (unpaired) electrons. The van der Waals surface area contributed by atoms with Crippen LogP contribution in [0, 0.1) is 0 Å². The lowest BCUT2D eigenvalue weighted by Crippen LogP contribution is -2.53. The minimum absolute atomic E-state index is 0.200. The van der Waals surface area contributed by atoms with Crippen molar-refractivity contribution in [1.29, 1.82) is 0 Å². The lowest BCUT2D eigenvalue weighted by Gasteiger charge is -2.32. The largest absolute Gasteiger partial charge is 0.368 e. The number of hydrogen-bond acceptors (Lipinski definition) is 3. The maximum atomic E-state index is 12.3. The summed E-state index contributed by atoms with van der Waals surface area (Å²) in [5, 5.41) is 0. The molecule has 0 aromatic heterocycles. The highest BCUT2D eigenvalue weighted by Crippen LogP contribution is 2.19. The summed E-state index contributed by atoms with van der Waals surface area (Å²) in [6, 6.07) is 8.49. The van der Waals surface area contributed by atoms with E-state index in [1.807, 2.05) is 30.3 Å². The van der Waals surface area contributed by atoms with Crippen molar-refractivity contribution in [1.82, 2.24) is 9.03 Å². The number of piperidine rings is 1. The number of primary amides is 1. The molecule has 0 saturated carbocycles. The van der Waals surface area contributed by atoms with Gasteiger partial charge in [-0.3, -0.25) is 4.79 Å². The summed E-state index contributed by atoms with van der Waals surface area (Å²) >= 11 is 0. The fourth-order valence-electron chi connectivity index (χ4n) is 2.33. The van der Waals surface area contributed by atoms with Crippen molar-refractivity contribution < 1.29 is 13.2 Å². The topological polar surface area (TPSA) is 92.5 Å². The van der Waals surface area contributed by atoms with Gasteiger partial charge in [0.05, 0.1) is 0 Å². The molecule has 1 heterocycles. The van der Waals surface area contributed by atoms with E-state index in [0.717, 1.165) is 18.4 Å². The van der Waals surface area contributed by atoms with E-state index in [1.54, 1.807) is 0 Å². The van der Waals surface area contributed by atoms with Crippen LogP contribution >= 0.6 is 0 Å². The quantitative estimate of drug-likeness (QED) is 0.822. The van der Waals surface area contributed by atoms with Gasteiger partial charge in [0.2, 0.25) is 5.91 Å². The maximum Gasteiger partial charge on any atom is 0.280 e. The van der Waals surface area contributed by atoms with E-state index >= 15 is 0 Å². The van der Waals surface area contributed by atoms with Gasteiger partial charge in [0.15, 0.2) is 0 Å². The van der Waals surface area contributed by atoms with Crippen LogP contribution in [0.15, 0.2) is 30.3 Å². The fraction of sp³-hybridized carbons (Fsp3) is 0.462. The first kappa shape index (κ1) is 15.0. The Morgan fingerprint density at radius 1 is 1.30 bits per heavy atom. The third kappa shape index (κ3) is 3.56. The van der Waals surface area contributed by atoms with Crippen molar-refractivity contribution in [3.8, 4) is 0 Å². The van der Waals surface area contributed by atoms with Crippen LogP contribution in [0.2, 0.25) is 0 Å². The summed E-state index contributed by atoms with van der Waals surface area (Å²) in [6.07, 6.45) is 2.05. The first-order valence-electron chi connectivity index (χ1n) is 6.60. The van der Waals surface area contributed by atoms with Gasteiger partial charge < -0.3 is 5.73 Å². The molecule has 1 aromatic rings. The number of nitrogens with two attached hydrogens (primary N) is 1. The van der Waals surface area contributed by atoms with Crippen molar-refractivity contribution in [2.24, 2.45) is 5.73 Å². The molecule has 20 heavy (non-hydrogen) atoms. The molecule has 1 aliphatic rings. The highest BCUT2D eigenvalue weighted by atomic mass is 32.2. The van der Waals surface area contributed by atoms with Crippen LogP contribution in [0.3, 0.4) is 0 Å². The summed E-state index contributed by atoms with van der Waals surface area (Å²) in [5.74, 6) is -0.588. The minimum atomic E-state index is -3.69. The van der Waals surface area contributed by atoms with Gasteiger partial charge in [-0.25, -0.2) is 0 Å². The molecule has 1 atom stereocenters. The lowest BCUT2D eigenvalue weighted by molar-refractivity contribution is -0.122. The van der Waals surface area contributed by atoms with Crippen molar-refractivity contribution in [3.63, 3.8) is 0 Å². The molecule has 0 spiro atoms. The van der Waals surface area contributed by atoms with Gasteiger partial charge in [-0.1, -0.05) is 36.8 Å². The van der Waals surface area contributed by atoms with Crippen LogP contribution in [0.25, 0.3) is 0 Å². The van der Waals surface area contributed by atoms with E-state index in [2.05, 4.69) is 4.72 Å². The van der Waals surface area contributed by atoms with Gasteiger partial charge in [0.25, 0.3) is 10.2 Å². The van der Waals surface area contributed by atoms with Gasteiger partial charge in [-0.15, -0.1) is 0 Å². The first-order chi connectivity index (χ1) is 9.50. The highest BCUT2D eigenvalue weighted by molar-refractivity contribution is 7.87. The highest BCUT2D eigenvalue weighted by Gasteiger charge is 2.35. The number of carbonyl (C=O) groups excluding carboxylic acids is 1.